The Hall–Kier alpha value is -3.46. The highest BCUT2D eigenvalue weighted by Crippen LogP contribution is 2.29. The molecule has 0 fully saturated rings. The van der Waals surface area contributed by atoms with E-state index in [2.05, 4.69) is 5.32 Å². The van der Waals surface area contributed by atoms with Gasteiger partial charge in [-0.25, -0.2) is 9.18 Å². The zero-order valence-electron chi connectivity index (χ0n) is 16.6. The summed E-state index contributed by atoms with van der Waals surface area (Å²) >= 11 is 1.25. The van der Waals surface area contributed by atoms with Gasteiger partial charge in [0.25, 0.3) is 5.91 Å². The lowest BCUT2D eigenvalue weighted by Gasteiger charge is -2.24. The van der Waals surface area contributed by atoms with Gasteiger partial charge in [0.05, 0.1) is 7.11 Å². The molecule has 9 heteroatoms. The number of anilines is 1. The summed E-state index contributed by atoms with van der Waals surface area (Å²) in [7, 11) is 1.55. The number of rotatable bonds is 6. The molecule has 1 N–H and O–H groups in total. The van der Waals surface area contributed by atoms with E-state index in [4.69, 9.17) is 4.74 Å². The third kappa shape index (κ3) is 4.22. The normalized spacial score (nSPS) is 17.7. The largest absolute Gasteiger partial charge is 0.501 e. The van der Waals surface area contributed by atoms with Crippen molar-refractivity contribution in [3.8, 4) is 5.75 Å². The number of carbonyl (C=O) groups excluding carboxylic acids is 3. The molecule has 2 aromatic carbocycles. The molecule has 0 saturated carbocycles. The first-order chi connectivity index (χ1) is 15.0. The minimum Gasteiger partial charge on any atom is -0.497 e. The number of fused-ring (bicyclic) bond motifs is 1. The summed E-state index contributed by atoms with van der Waals surface area (Å²) in [5, 5.41) is 3.80. The van der Waals surface area contributed by atoms with E-state index in [0.717, 1.165) is 4.90 Å². The van der Waals surface area contributed by atoms with Gasteiger partial charge in [-0.1, -0.05) is 18.2 Å². The van der Waals surface area contributed by atoms with Gasteiger partial charge in [0.2, 0.25) is 0 Å². The number of hydrogen-bond donors (Lipinski definition) is 1. The summed E-state index contributed by atoms with van der Waals surface area (Å²) in [4.78, 5) is 39.6. The Morgan fingerprint density at radius 2 is 1.94 bits per heavy atom. The fourth-order valence-corrected chi connectivity index (χ4v) is 4.34. The van der Waals surface area contributed by atoms with Crippen molar-refractivity contribution in [3.63, 3.8) is 0 Å². The highest BCUT2D eigenvalue weighted by atomic mass is 32.2. The van der Waals surface area contributed by atoms with Crippen LogP contribution in [-0.2, 0) is 16.1 Å². The molecule has 0 aliphatic carbocycles. The maximum absolute atomic E-state index is 14.1. The first-order valence-electron chi connectivity index (χ1n) is 9.47. The molecular weight excluding hydrogens is 421 g/mol. The summed E-state index contributed by atoms with van der Waals surface area (Å²) in [5.74, 6) is -0.697. The average molecular weight is 440 g/mol. The molecule has 4 amide bonds. The molecule has 0 radical (unpaired) electrons. The summed E-state index contributed by atoms with van der Waals surface area (Å²) in [6.45, 7) is -0.478. The molecule has 4 rings (SSSR count). The molecular formula is C22H19FN3O4S+. The van der Waals surface area contributed by atoms with E-state index < -0.39 is 28.9 Å². The van der Waals surface area contributed by atoms with Crippen LogP contribution in [0, 0.1) is 5.82 Å². The fourth-order valence-electron chi connectivity index (χ4n) is 3.37. The number of ether oxygens (including phenoxy) is 1. The third-order valence-electron chi connectivity index (χ3n) is 4.95. The van der Waals surface area contributed by atoms with Crippen molar-refractivity contribution in [2.45, 2.75) is 11.8 Å². The van der Waals surface area contributed by atoms with E-state index in [0.29, 0.717) is 17.1 Å². The summed E-state index contributed by atoms with van der Waals surface area (Å²) in [6, 6.07) is 12.1. The van der Waals surface area contributed by atoms with Crippen molar-refractivity contribution in [3.05, 3.63) is 71.4 Å². The van der Waals surface area contributed by atoms with Crippen LogP contribution in [0.5, 0.6) is 5.75 Å². The second kappa shape index (κ2) is 8.73. The fraction of sp³-hybridized carbons (Fsp3) is 0.182. The molecule has 7 nitrogen and oxygen atoms in total. The summed E-state index contributed by atoms with van der Waals surface area (Å²) in [5.41, 5.74) is 1.23. The molecule has 0 spiro atoms. The zero-order valence-corrected chi connectivity index (χ0v) is 17.4. The van der Waals surface area contributed by atoms with Gasteiger partial charge in [0.1, 0.15) is 23.8 Å². The number of nitrogens with zero attached hydrogens (tertiary/aromatic N) is 2. The number of thioether (sulfide) groups is 1. The lowest BCUT2D eigenvalue weighted by atomic mass is 10.1. The first-order valence-corrected chi connectivity index (χ1v) is 10.4. The second-order valence-electron chi connectivity index (χ2n) is 6.90. The molecule has 2 aliphatic rings. The Kier molecular flexibility index (Phi) is 5.85. The molecule has 0 saturated heterocycles. The zero-order chi connectivity index (χ0) is 22.0. The maximum atomic E-state index is 14.1. The number of nitrogens with one attached hydrogen (secondary N) is 1. The van der Waals surface area contributed by atoms with E-state index in [1.807, 2.05) is 0 Å². The second-order valence-corrected chi connectivity index (χ2v) is 7.92. The van der Waals surface area contributed by atoms with E-state index in [9.17, 15) is 18.8 Å². The van der Waals surface area contributed by atoms with Crippen molar-refractivity contribution in [1.29, 1.82) is 0 Å². The van der Waals surface area contributed by atoms with Gasteiger partial charge in [-0.2, -0.15) is 14.3 Å². The quantitative estimate of drug-likeness (QED) is 0.699. The number of benzene rings is 2. The van der Waals surface area contributed by atoms with Crippen LogP contribution in [0.25, 0.3) is 0 Å². The topological polar surface area (TPSA) is 78.7 Å². The Labute approximate surface area is 182 Å². The Bertz CT molecular complexity index is 1110. The van der Waals surface area contributed by atoms with Crippen LogP contribution in [0.1, 0.15) is 5.56 Å². The molecule has 1 unspecified atom stereocenters. The molecule has 158 valence electrons. The lowest BCUT2D eigenvalue weighted by molar-refractivity contribution is -0.426. The number of methoxy groups -OCH3 is 1. The first kappa shape index (κ1) is 20.8. The van der Waals surface area contributed by atoms with Gasteiger partial charge in [0, 0.05) is 11.3 Å². The van der Waals surface area contributed by atoms with Crippen LogP contribution in [-0.4, -0.2) is 51.9 Å². The van der Waals surface area contributed by atoms with Crippen molar-refractivity contribution >= 4 is 41.0 Å². The minimum absolute atomic E-state index is 0.203. The van der Waals surface area contributed by atoms with Gasteiger partial charge in [-0.05, 0) is 41.8 Å². The lowest BCUT2D eigenvalue weighted by Crippen LogP contribution is -2.55. The predicted octanol–water partition coefficient (Wildman–Crippen LogP) is 3.02. The van der Waals surface area contributed by atoms with Crippen molar-refractivity contribution in [1.82, 2.24) is 4.90 Å². The SMILES string of the molecule is COc1ccc(NC(=O)C[N+]2=C3C=CSC3C(=O)N(Cc3ccccc3F)C2=O)cc1. The predicted molar refractivity (Wildman–Crippen MR) is 115 cm³/mol. The van der Waals surface area contributed by atoms with Crippen LogP contribution >= 0.6 is 11.8 Å². The van der Waals surface area contributed by atoms with Crippen LogP contribution in [0.4, 0.5) is 14.9 Å². The number of imide groups is 1. The van der Waals surface area contributed by atoms with Crippen LogP contribution in [0.2, 0.25) is 0 Å². The summed E-state index contributed by atoms with van der Waals surface area (Å²) < 4.78 is 20.5. The highest BCUT2D eigenvalue weighted by Gasteiger charge is 2.49. The van der Waals surface area contributed by atoms with Crippen molar-refractivity contribution < 1.29 is 28.1 Å². The van der Waals surface area contributed by atoms with Gasteiger partial charge >= 0.3 is 11.9 Å². The van der Waals surface area contributed by atoms with Gasteiger partial charge in [-0.3, -0.25) is 4.79 Å². The Morgan fingerprint density at radius 3 is 2.65 bits per heavy atom. The molecule has 1 atom stereocenters. The van der Waals surface area contributed by atoms with E-state index in [-0.39, 0.29) is 18.7 Å². The molecule has 0 aromatic heterocycles. The Morgan fingerprint density at radius 1 is 1.19 bits per heavy atom. The van der Waals surface area contributed by atoms with Crippen LogP contribution in [0.15, 0.2) is 60.0 Å². The van der Waals surface area contributed by atoms with Crippen LogP contribution in [0.3, 0.4) is 0 Å². The maximum Gasteiger partial charge on any atom is 0.501 e. The van der Waals surface area contributed by atoms with Gasteiger partial charge in [-0.15, -0.1) is 11.8 Å². The number of halogens is 1. The molecule has 0 bridgehead atoms. The van der Waals surface area contributed by atoms with Crippen molar-refractivity contribution in [2.75, 3.05) is 19.0 Å². The van der Waals surface area contributed by atoms with E-state index in [1.165, 1.54) is 34.5 Å². The number of amides is 4. The highest BCUT2D eigenvalue weighted by molar-refractivity contribution is 8.04. The number of urea groups is 1. The summed E-state index contributed by atoms with van der Waals surface area (Å²) in [6.07, 6.45) is 1.66. The van der Waals surface area contributed by atoms with Gasteiger partial charge in [0.15, 0.2) is 11.8 Å². The third-order valence-corrected chi connectivity index (χ3v) is 5.96. The molecule has 2 aliphatic heterocycles. The average Bonchev–Trinajstić information content (AvgIpc) is 3.26. The Balaban J connectivity index is 1.56. The standard InChI is InChI=1S/C22H18FN3O4S/c1-30-16-8-6-15(7-9-16)24-19(27)13-25-18-10-11-31-20(18)21(28)26(22(25)29)12-14-4-2-3-5-17(14)23/h2-11,20H,12-13H2,1H3/p+1. The van der Waals surface area contributed by atoms with E-state index in [1.54, 1.807) is 48.9 Å². The van der Waals surface area contributed by atoms with Crippen LogP contribution < -0.4 is 10.1 Å². The molecule has 2 heterocycles. The molecule has 31 heavy (non-hydrogen) atoms. The molecule has 2 aromatic rings. The monoisotopic (exact) mass is 440 g/mol. The van der Waals surface area contributed by atoms with Gasteiger partial charge < -0.3 is 10.1 Å². The van der Waals surface area contributed by atoms with E-state index >= 15 is 0 Å². The number of carbonyl (C=O) groups is 3. The number of hydrogen-bond acceptors (Lipinski definition) is 5. The minimum atomic E-state index is -0.656. The smallest absolute Gasteiger partial charge is 0.497 e. The number of allylic oxidation sites excluding steroid dienone is 1. The van der Waals surface area contributed by atoms with Crippen molar-refractivity contribution in [2.24, 2.45) is 0 Å².